The van der Waals surface area contributed by atoms with Gasteiger partial charge in [-0.1, -0.05) is 35.0 Å². The molecule has 7 heteroatoms. The predicted octanol–water partition coefficient (Wildman–Crippen LogP) is 3.75. The number of hydrogen-bond donors (Lipinski definition) is 1. The first kappa shape index (κ1) is 20.3. The van der Waals surface area contributed by atoms with Crippen LogP contribution in [0.25, 0.3) is 22.4 Å². The quantitative estimate of drug-likeness (QED) is 0.709. The fourth-order valence-corrected chi connectivity index (χ4v) is 3.63. The molecule has 1 aliphatic rings. The van der Waals surface area contributed by atoms with Crippen molar-refractivity contribution in [3.63, 3.8) is 0 Å². The molecular formula is C21H25ClN4O2. The molecule has 2 atom stereocenters. The highest BCUT2D eigenvalue weighted by atomic mass is 35.5. The van der Waals surface area contributed by atoms with Crippen LogP contribution in [0, 0.1) is 13.8 Å². The molecule has 1 fully saturated rings. The third kappa shape index (κ3) is 3.50. The number of halogens is 1. The van der Waals surface area contributed by atoms with Crippen LogP contribution >= 0.6 is 12.4 Å². The predicted molar refractivity (Wildman–Crippen MR) is 112 cm³/mol. The van der Waals surface area contributed by atoms with Gasteiger partial charge in [0.1, 0.15) is 0 Å². The molecule has 0 aliphatic carbocycles. The van der Waals surface area contributed by atoms with Crippen LogP contribution in [0.1, 0.15) is 35.5 Å². The van der Waals surface area contributed by atoms with E-state index < -0.39 is 0 Å². The average Bonchev–Trinajstić information content (AvgIpc) is 3.04. The van der Waals surface area contributed by atoms with Crippen molar-refractivity contribution in [3.05, 3.63) is 47.2 Å². The monoisotopic (exact) mass is 400 g/mol. The maximum atomic E-state index is 13.5. The summed E-state index contributed by atoms with van der Waals surface area (Å²) in [5.74, 6) is 0.00270. The topological polar surface area (TPSA) is 71.3 Å². The summed E-state index contributed by atoms with van der Waals surface area (Å²) in [5.41, 5.74) is 4.55. The molecule has 0 radical (unpaired) electrons. The number of nitrogens with zero attached hydrogens (tertiary/aromatic N) is 3. The number of pyridine rings is 1. The van der Waals surface area contributed by atoms with E-state index in [1.165, 1.54) is 5.56 Å². The van der Waals surface area contributed by atoms with E-state index in [2.05, 4.69) is 29.3 Å². The lowest BCUT2D eigenvalue weighted by Gasteiger charge is -2.38. The van der Waals surface area contributed by atoms with E-state index >= 15 is 0 Å². The van der Waals surface area contributed by atoms with E-state index in [-0.39, 0.29) is 30.4 Å². The molecule has 1 aromatic carbocycles. The Labute approximate surface area is 170 Å². The molecule has 3 aromatic rings. The second kappa shape index (κ2) is 7.89. The second-order valence-electron chi connectivity index (χ2n) is 7.35. The molecule has 0 saturated carbocycles. The molecule has 6 nitrogen and oxygen atoms in total. The summed E-state index contributed by atoms with van der Waals surface area (Å²) in [6.07, 6.45) is 0. The molecule has 0 spiro atoms. The van der Waals surface area contributed by atoms with Crippen molar-refractivity contribution in [1.82, 2.24) is 20.4 Å². The lowest BCUT2D eigenvalue weighted by Crippen LogP contribution is -2.57. The van der Waals surface area contributed by atoms with Crippen LogP contribution in [-0.2, 0) is 0 Å². The van der Waals surface area contributed by atoms with Crippen LogP contribution in [0.3, 0.4) is 0 Å². The summed E-state index contributed by atoms with van der Waals surface area (Å²) >= 11 is 0. The zero-order valence-electron chi connectivity index (χ0n) is 16.5. The van der Waals surface area contributed by atoms with Crippen LogP contribution in [0.5, 0.6) is 0 Å². The van der Waals surface area contributed by atoms with E-state index in [1.54, 1.807) is 0 Å². The number of hydrogen-bond acceptors (Lipinski definition) is 5. The van der Waals surface area contributed by atoms with Gasteiger partial charge in [-0.25, -0.2) is 4.98 Å². The summed E-state index contributed by atoms with van der Waals surface area (Å²) in [4.78, 5) is 20.0. The minimum Gasteiger partial charge on any atom is -0.335 e. The number of amides is 1. The van der Waals surface area contributed by atoms with Crippen molar-refractivity contribution < 1.29 is 9.32 Å². The van der Waals surface area contributed by atoms with E-state index in [9.17, 15) is 4.79 Å². The van der Waals surface area contributed by atoms with Gasteiger partial charge in [-0.3, -0.25) is 4.79 Å². The molecule has 4 rings (SSSR count). The highest BCUT2D eigenvalue weighted by molar-refractivity contribution is 6.07. The van der Waals surface area contributed by atoms with Gasteiger partial charge in [-0.05, 0) is 33.8 Å². The molecule has 1 amide bonds. The van der Waals surface area contributed by atoms with Crippen molar-refractivity contribution in [2.75, 3.05) is 13.1 Å². The van der Waals surface area contributed by atoms with Crippen molar-refractivity contribution in [2.24, 2.45) is 0 Å². The number of aromatic nitrogens is 2. The Kier molecular flexibility index (Phi) is 5.72. The van der Waals surface area contributed by atoms with Crippen LogP contribution in [-0.4, -0.2) is 46.1 Å². The van der Waals surface area contributed by atoms with Gasteiger partial charge in [-0.15, -0.1) is 12.4 Å². The smallest absolute Gasteiger partial charge is 0.259 e. The number of aryl methyl sites for hydroxylation is 2. The van der Waals surface area contributed by atoms with Gasteiger partial charge in [0.15, 0.2) is 0 Å². The van der Waals surface area contributed by atoms with E-state index in [1.807, 2.05) is 49.1 Å². The summed E-state index contributed by atoms with van der Waals surface area (Å²) in [6.45, 7) is 9.54. The number of carbonyl (C=O) groups is 1. The molecule has 28 heavy (non-hydrogen) atoms. The third-order valence-electron chi connectivity index (χ3n) is 5.49. The van der Waals surface area contributed by atoms with E-state index in [0.29, 0.717) is 28.9 Å². The fourth-order valence-electron chi connectivity index (χ4n) is 3.63. The van der Waals surface area contributed by atoms with E-state index in [0.717, 1.165) is 17.8 Å². The Morgan fingerprint density at radius 1 is 1.21 bits per heavy atom. The largest absolute Gasteiger partial charge is 0.335 e. The molecule has 2 unspecified atom stereocenters. The Morgan fingerprint density at radius 3 is 2.64 bits per heavy atom. The molecular weight excluding hydrogens is 376 g/mol. The summed E-state index contributed by atoms with van der Waals surface area (Å²) < 4.78 is 5.42. The Morgan fingerprint density at radius 2 is 1.93 bits per heavy atom. The highest BCUT2D eigenvalue weighted by Gasteiger charge is 2.31. The Hall–Kier alpha value is -2.44. The third-order valence-corrected chi connectivity index (χ3v) is 5.49. The van der Waals surface area contributed by atoms with Gasteiger partial charge in [0.25, 0.3) is 11.6 Å². The molecule has 1 N–H and O–H groups in total. The van der Waals surface area contributed by atoms with Crippen LogP contribution in [0.4, 0.5) is 0 Å². The van der Waals surface area contributed by atoms with Gasteiger partial charge < -0.3 is 14.7 Å². The van der Waals surface area contributed by atoms with Crippen molar-refractivity contribution >= 4 is 29.4 Å². The SMILES string of the molecule is Cc1ccc(-c2cc(C(=O)N3CCNC(C)C3C)c3c(C)noc3n2)cc1.Cl. The Bertz CT molecular complexity index is 1000. The van der Waals surface area contributed by atoms with Crippen LogP contribution < -0.4 is 5.32 Å². The zero-order chi connectivity index (χ0) is 19.1. The van der Waals surface area contributed by atoms with Gasteiger partial charge in [0.2, 0.25) is 0 Å². The summed E-state index contributed by atoms with van der Waals surface area (Å²) in [5, 5.41) is 8.17. The summed E-state index contributed by atoms with van der Waals surface area (Å²) in [6, 6.07) is 10.3. The highest BCUT2D eigenvalue weighted by Crippen LogP contribution is 2.29. The van der Waals surface area contributed by atoms with Gasteiger partial charge >= 0.3 is 0 Å². The number of fused-ring (bicyclic) bond motifs is 1. The van der Waals surface area contributed by atoms with Crippen LogP contribution in [0.2, 0.25) is 0 Å². The molecule has 0 bridgehead atoms. The Balaban J connectivity index is 0.00000225. The lowest BCUT2D eigenvalue weighted by atomic mass is 10.0. The summed E-state index contributed by atoms with van der Waals surface area (Å²) in [7, 11) is 0. The lowest BCUT2D eigenvalue weighted by molar-refractivity contribution is 0.0605. The fraction of sp³-hybridized carbons (Fsp3) is 0.381. The van der Waals surface area contributed by atoms with Crippen LogP contribution in [0.15, 0.2) is 34.9 Å². The molecule has 2 aromatic heterocycles. The number of benzene rings is 1. The average molecular weight is 401 g/mol. The maximum Gasteiger partial charge on any atom is 0.259 e. The van der Waals surface area contributed by atoms with Gasteiger partial charge in [-0.2, -0.15) is 0 Å². The van der Waals surface area contributed by atoms with Crippen molar-refractivity contribution in [2.45, 2.75) is 39.8 Å². The first-order valence-corrected chi connectivity index (χ1v) is 9.34. The normalized spacial score (nSPS) is 19.5. The molecule has 3 heterocycles. The van der Waals surface area contributed by atoms with Crippen molar-refractivity contribution in [3.8, 4) is 11.3 Å². The number of piperazine rings is 1. The standard InChI is InChI=1S/C21H24N4O2.ClH/c1-12-5-7-16(8-6-12)18-11-17(19-14(3)24-27-20(19)23-18)21(26)25-10-9-22-13(2)15(25)4;/h5-8,11,13,15,22H,9-10H2,1-4H3;1H. The second-order valence-corrected chi connectivity index (χ2v) is 7.35. The zero-order valence-corrected chi connectivity index (χ0v) is 17.3. The number of nitrogens with one attached hydrogen (secondary N) is 1. The minimum absolute atomic E-state index is 0. The molecule has 148 valence electrons. The molecule has 1 saturated heterocycles. The first-order valence-electron chi connectivity index (χ1n) is 9.34. The minimum atomic E-state index is 0. The van der Waals surface area contributed by atoms with Gasteiger partial charge in [0, 0.05) is 30.7 Å². The number of carbonyl (C=O) groups excluding carboxylic acids is 1. The maximum absolute atomic E-state index is 13.5. The van der Waals surface area contributed by atoms with E-state index in [4.69, 9.17) is 4.52 Å². The first-order chi connectivity index (χ1) is 13.0. The van der Waals surface area contributed by atoms with Gasteiger partial charge in [0.05, 0.1) is 22.3 Å². The molecule has 1 aliphatic heterocycles. The van der Waals surface area contributed by atoms with Crippen molar-refractivity contribution in [1.29, 1.82) is 0 Å². The number of rotatable bonds is 2.